The number of carbonyl (C=O) groups is 1. The first kappa shape index (κ1) is 20.2. The molecule has 1 aliphatic heterocycles. The highest BCUT2D eigenvalue weighted by Crippen LogP contribution is 2.40. The van der Waals surface area contributed by atoms with Gasteiger partial charge in [-0.2, -0.15) is 0 Å². The molecule has 2 atom stereocenters. The van der Waals surface area contributed by atoms with Crippen molar-refractivity contribution < 1.29 is 14.3 Å². The van der Waals surface area contributed by atoms with Crippen molar-refractivity contribution >= 4 is 17.2 Å². The zero-order valence-corrected chi connectivity index (χ0v) is 18.3. The quantitative estimate of drug-likeness (QED) is 0.734. The number of aryl methyl sites for hydroxylation is 1. The van der Waals surface area contributed by atoms with E-state index >= 15 is 0 Å². The molecule has 2 fully saturated rings. The Morgan fingerprint density at radius 1 is 1.14 bits per heavy atom. The van der Waals surface area contributed by atoms with Gasteiger partial charge in [0.25, 0.3) is 0 Å². The summed E-state index contributed by atoms with van der Waals surface area (Å²) in [6, 6.07) is 10.5. The first-order chi connectivity index (χ1) is 14.1. The van der Waals surface area contributed by atoms with Crippen molar-refractivity contribution in [2.45, 2.75) is 51.2 Å². The number of nitrogens with one attached hydrogen (secondary N) is 1. The van der Waals surface area contributed by atoms with Crippen LogP contribution in [0.1, 0.15) is 47.0 Å². The van der Waals surface area contributed by atoms with Crippen LogP contribution in [-0.4, -0.2) is 37.6 Å². The van der Waals surface area contributed by atoms with E-state index in [2.05, 4.69) is 29.3 Å². The Balaban J connectivity index is 1.58. The lowest BCUT2D eigenvalue weighted by atomic mass is 9.93. The minimum atomic E-state index is 0.0938. The Morgan fingerprint density at radius 3 is 2.45 bits per heavy atom. The van der Waals surface area contributed by atoms with Gasteiger partial charge in [0.05, 0.1) is 20.3 Å². The number of nitrogens with zero attached hydrogens (tertiary/aromatic N) is 1. The van der Waals surface area contributed by atoms with Gasteiger partial charge in [-0.15, -0.1) is 11.3 Å². The smallest absolute Gasteiger partial charge is 0.226 e. The number of hydrogen-bond donors (Lipinski definition) is 1. The predicted octanol–water partition coefficient (Wildman–Crippen LogP) is 4.31. The van der Waals surface area contributed by atoms with Crippen molar-refractivity contribution in [2.24, 2.45) is 5.92 Å². The third-order valence-corrected chi connectivity index (χ3v) is 7.04. The summed E-state index contributed by atoms with van der Waals surface area (Å²) in [7, 11) is 3.37. The van der Waals surface area contributed by atoms with Crippen molar-refractivity contribution in [3.63, 3.8) is 0 Å². The first-order valence-electron chi connectivity index (χ1n) is 10.4. The van der Waals surface area contributed by atoms with Gasteiger partial charge in [-0.05, 0) is 56.9 Å². The molecule has 1 saturated carbocycles. The van der Waals surface area contributed by atoms with E-state index in [4.69, 9.17) is 9.47 Å². The molecule has 2 aromatic rings. The van der Waals surface area contributed by atoms with Crippen LogP contribution in [0.2, 0.25) is 0 Å². The average molecular weight is 415 g/mol. The number of amides is 1. The van der Waals surface area contributed by atoms with E-state index in [0.717, 1.165) is 49.3 Å². The second kappa shape index (κ2) is 8.76. The summed E-state index contributed by atoms with van der Waals surface area (Å²) in [4.78, 5) is 17.7. The summed E-state index contributed by atoms with van der Waals surface area (Å²) in [5, 5.41) is 3.74. The van der Waals surface area contributed by atoms with Gasteiger partial charge in [0.15, 0.2) is 0 Å². The lowest BCUT2D eigenvalue weighted by Crippen LogP contribution is -2.50. The van der Waals surface area contributed by atoms with Gasteiger partial charge >= 0.3 is 0 Å². The molecule has 5 nitrogen and oxygen atoms in total. The lowest BCUT2D eigenvalue weighted by Gasteiger charge is -2.41. The van der Waals surface area contributed by atoms with Crippen molar-refractivity contribution in [2.75, 3.05) is 20.8 Å². The summed E-state index contributed by atoms with van der Waals surface area (Å²) in [6.45, 7) is 3.63. The number of methoxy groups -OCH3 is 2. The summed E-state index contributed by atoms with van der Waals surface area (Å²) >= 11 is 1.81. The molecule has 1 aliphatic carbocycles. The number of rotatable bonds is 7. The van der Waals surface area contributed by atoms with Gasteiger partial charge in [0, 0.05) is 40.4 Å². The Bertz CT molecular complexity index is 839. The third kappa shape index (κ3) is 4.28. The Kier molecular flexibility index (Phi) is 6.11. The average Bonchev–Trinajstić information content (AvgIpc) is 3.51. The fourth-order valence-corrected chi connectivity index (χ4v) is 5.38. The molecule has 1 aromatic carbocycles. The van der Waals surface area contributed by atoms with Crippen LogP contribution in [0.4, 0.5) is 0 Å². The van der Waals surface area contributed by atoms with Gasteiger partial charge in [-0.1, -0.05) is 6.07 Å². The molecular weight excluding hydrogens is 384 g/mol. The highest BCUT2D eigenvalue weighted by atomic mass is 32.1. The van der Waals surface area contributed by atoms with E-state index < -0.39 is 0 Å². The molecule has 0 radical (unpaired) electrons. The van der Waals surface area contributed by atoms with E-state index in [1.807, 2.05) is 18.2 Å². The topological polar surface area (TPSA) is 50.8 Å². The summed E-state index contributed by atoms with van der Waals surface area (Å²) < 4.78 is 11.1. The fraction of sp³-hybridized carbons (Fsp3) is 0.522. The number of benzene rings is 1. The molecule has 0 bridgehead atoms. The molecule has 6 heteroatoms. The predicted molar refractivity (Wildman–Crippen MR) is 116 cm³/mol. The van der Waals surface area contributed by atoms with Crippen LogP contribution >= 0.6 is 11.3 Å². The fourth-order valence-electron chi connectivity index (χ4n) is 4.32. The first-order valence-corrected chi connectivity index (χ1v) is 11.2. The van der Waals surface area contributed by atoms with Gasteiger partial charge < -0.3 is 19.7 Å². The molecule has 0 unspecified atom stereocenters. The largest absolute Gasteiger partial charge is 0.496 e. The van der Waals surface area contributed by atoms with Crippen LogP contribution in [0, 0.1) is 12.8 Å². The maximum Gasteiger partial charge on any atom is 0.226 e. The van der Waals surface area contributed by atoms with Crippen LogP contribution in [-0.2, 0) is 11.3 Å². The lowest BCUT2D eigenvalue weighted by molar-refractivity contribution is -0.137. The van der Waals surface area contributed by atoms with E-state index in [0.29, 0.717) is 12.5 Å². The molecule has 4 rings (SSSR count). The second-order valence-corrected chi connectivity index (χ2v) is 9.29. The van der Waals surface area contributed by atoms with Crippen LogP contribution in [0.25, 0.3) is 0 Å². The van der Waals surface area contributed by atoms with E-state index in [1.54, 1.807) is 25.6 Å². The molecule has 29 heavy (non-hydrogen) atoms. The van der Waals surface area contributed by atoms with E-state index in [9.17, 15) is 4.79 Å². The SMILES string of the molecule is COc1cccc(OC)c1CN[C@@H]1CCCN(C(=O)C2CC2)[C@H]1c1ccc(C)s1. The molecule has 2 heterocycles. The molecule has 1 amide bonds. The number of thiophene rings is 1. The van der Waals surface area contributed by atoms with Crippen molar-refractivity contribution in [3.05, 3.63) is 45.6 Å². The monoisotopic (exact) mass is 414 g/mol. The maximum absolute atomic E-state index is 13.0. The minimum Gasteiger partial charge on any atom is -0.496 e. The van der Waals surface area contributed by atoms with Crippen molar-refractivity contribution in [1.29, 1.82) is 0 Å². The number of piperidine rings is 1. The molecular formula is C23H30N2O3S. The summed E-state index contributed by atoms with van der Waals surface area (Å²) in [5.41, 5.74) is 1.02. The van der Waals surface area contributed by atoms with Crippen molar-refractivity contribution in [1.82, 2.24) is 10.2 Å². The summed E-state index contributed by atoms with van der Waals surface area (Å²) in [6.07, 6.45) is 4.16. The van der Waals surface area contributed by atoms with Crippen molar-refractivity contribution in [3.8, 4) is 11.5 Å². The van der Waals surface area contributed by atoms with Gasteiger partial charge in [0.1, 0.15) is 11.5 Å². The minimum absolute atomic E-state index is 0.0938. The number of ether oxygens (including phenoxy) is 2. The molecule has 1 aromatic heterocycles. The molecule has 1 N–H and O–H groups in total. The van der Waals surface area contributed by atoms with Gasteiger partial charge in [-0.25, -0.2) is 0 Å². The van der Waals surface area contributed by atoms with Crippen LogP contribution in [0.5, 0.6) is 11.5 Å². The molecule has 2 aliphatic rings. The zero-order valence-electron chi connectivity index (χ0n) is 17.4. The second-order valence-electron chi connectivity index (χ2n) is 7.97. The van der Waals surface area contributed by atoms with Crippen LogP contribution in [0.3, 0.4) is 0 Å². The Hall–Kier alpha value is -2.05. The molecule has 1 saturated heterocycles. The molecule has 0 spiro atoms. The molecule has 156 valence electrons. The zero-order chi connectivity index (χ0) is 20.4. The number of likely N-dealkylation sites (tertiary alicyclic amines) is 1. The number of carbonyl (C=O) groups excluding carboxylic acids is 1. The van der Waals surface area contributed by atoms with Crippen LogP contribution in [0.15, 0.2) is 30.3 Å². The van der Waals surface area contributed by atoms with Gasteiger partial charge in [-0.3, -0.25) is 4.79 Å². The maximum atomic E-state index is 13.0. The third-order valence-electron chi connectivity index (χ3n) is 5.96. The highest BCUT2D eigenvalue weighted by molar-refractivity contribution is 7.12. The highest BCUT2D eigenvalue weighted by Gasteiger charge is 2.41. The van der Waals surface area contributed by atoms with E-state index in [1.165, 1.54) is 9.75 Å². The Morgan fingerprint density at radius 2 is 1.86 bits per heavy atom. The van der Waals surface area contributed by atoms with E-state index in [-0.39, 0.29) is 18.0 Å². The summed E-state index contributed by atoms with van der Waals surface area (Å²) in [5.74, 6) is 2.22. The van der Waals surface area contributed by atoms with Gasteiger partial charge in [0.2, 0.25) is 5.91 Å². The standard InChI is InChI=1S/C23H30N2O3S/c1-15-9-12-21(29-15)22-18(6-5-13-25(22)23(26)16-10-11-16)24-14-17-19(27-2)7-4-8-20(17)28-3/h4,7-9,12,16,18,22,24H,5-6,10-11,13-14H2,1-3H3/t18-,22-/m1/s1. The Labute approximate surface area is 177 Å². The van der Waals surface area contributed by atoms with Crippen LogP contribution < -0.4 is 14.8 Å². The number of hydrogen-bond acceptors (Lipinski definition) is 5. The normalized spacial score (nSPS) is 21.8.